The number of hydrogen-bond donors (Lipinski definition) is 3. The average Bonchev–Trinajstić information content (AvgIpc) is 2.49. The van der Waals surface area contributed by atoms with Crippen LogP contribution in [0.3, 0.4) is 0 Å². The summed E-state index contributed by atoms with van der Waals surface area (Å²) in [6.45, 7) is 8.93. The van der Waals surface area contributed by atoms with Crippen LogP contribution in [0.1, 0.15) is 44.7 Å². The highest BCUT2D eigenvalue weighted by atomic mass is 16.4. The van der Waals surface area contributed by atoms with Crippen molar-refractivity contribution >= 4 is 6.09 Å². The molecule has 5 heteroatoms. The number of rotatable bonds is 5. The van der Waals surface area contributed by atoms with Crippen molar-refractivity contribution < 1.29 is 15.0 Å². The van der Waals surface area contributed by atoms with Crippen LogP contribution in [0.25, 0.3) is 0 Å². The molecular weight excluding hydrogens is 304 g/mol. The molecule has 0 aliphatic carbocycles. The predicted molar refractivity (Wildman–Crippen MR) is 95.1 cm³/mol. The minimum atomic E-state index is -0.973. The zero-order valence-electron chi connectivity index (χ0n) is 15.0. The Bertz CT molecular complexity index is 529. The van der Waals surface area contributed by atoms with Crippen molar-refractivity contribution in [3.8, 4) is 0 Å². The van der Waals surface area contributed by atoms with Crippen LogP contribution in [0, 0.1) is 5.41 Å². The number of aliphatic hydroxyl groups is 1. The lowest BCUT2D eigenvalue weighted by atomic mass is 9.83. The highest BCUT2D eigenvalue weighted by molar-refractivity contribution is 5.65. The van der Waals surface area contributed by atoms with Gasteiger partial charge in [-0.3, -0.25) is 4.90 Å². The highest BCUT2D eigenvalue weighted by Gasteiger charge is 2.26. The molecule has 1 aromatic rings. The Morgan fingerprint density at radius 3 is 2.25 bits per heavy atom. The number of amides is 1. The van der Waals surface area contributed by atoms with Gasteiger partial charge in [0.25, 0.3) is 0 Å². The summed E-state index contributed by atoms with van der Waals surface area (Å²) >= 11 is 0. The third kappa shape index (κ3) is 5.80. The normalized spacial score (nSPS) is 18.3. The second-order valence-corrected chi connectivity index (χ2v) is 7.90. The highest BCUT2D eigenvalue weighted by Crippen LogP contribution is 2.23. The van der Waals surface area contributed by atoms with Crippen LogP contribution in [-0.2, 0) is 13.0 Å². The first-order valence-electron chi connectivity index (χ1n) is 8.72. The molecule has 0 spiro atoms. The zero-order chi connectivity index (χ0) is 17.7. The predicted octanol–water partition coefficient (Wildman–Crippen LogP) is 2.87. The molecule has 0 radical (unpaired) electrons. The van der Waals surface area contributed by atoms with Crippen molar-refractivity contribution in [2.45, 2.75) is 58.7 Å². The number of aliphatic hydroxyl groups excluding tert-OH is 1. The van der Waals surface area contributed by atoms with Gasteiger partial charge in [0.15, 0.2) is 0 Å². The number of benzene rings is 1. The van der Waals surface area contributed by atoms with Crippen LogP contribution in [0.15, 0.2) is 24.3 Å². The first-order valence-corrected chi connectivity index (χ1v) is 8.72. The van der Waals surface area contributed by atoms with Crippen LogP contribution in [0.4, 0.5) is 4.79 Å². The molecule has 1 aromatic carbocycles. The van der Waals surface area contributed by atoms with Gasteiger partial charge in [-0.1, -0.05) is 45.0 Å². The molecule has 2 rings (SSSR count). The van der Waals surface area contributed by atoms with Crippen LogP contribution in [0.5, 0.6) is 0 Å². The Morgan fingerprint density at radius 2 is 1.75 bits per heavy atom. The van der Waals surface area contributed by atoms with E-state index < -0.39 is 6.09 Å². The number of likely N-dealkylation sites (tertiary alicyclic amines) is 1. The van der Waals surface area contributed by atoms with Crippen molar-refractivity contribution in [3.05, 3.63) is 35.4 Å². The molecule has 0 saturated carbocycles. The number of nitrogens with zero attached hydrogens (tertiary/aromatic N) is 1. The molecule has 1 amide bonds. The Labute approximate surface area is 144 Å². The lowest BCUT2D eigenvalue weighted by molar-refractivity contribution is 0.0792. The summed E-state index contributed by atoms with van der Waals surface area (Å²) in [5, 5.41) is 21.2. The minimum absolute atomic E-state index is 0.121. The molecule has 1 aliphatic rings. The topological polar surface area (TPSA) is 72.8 Å². The molecule has 1 unspecified atom stereocenters. The van der Waals surface area contributed by atoms with Crippen LogP contribution >= 0.6 is 0 Å². The van der Waals surface area contributed by atoms with Gasteiger partial charge < -0.3 is 15.5 Å². The summed E-state index contributed by atoms with van der Waals surface area (Å²) < 4.78 is 0. The van der Waals surface area contributed by atoms with E-state index in [2.05, 4.69) is 34.5 Å². The first kappa shape index (κ1) is 18.7. The molecule has 1 heterocycles. The fraction of sp³-hybridized carbons (Fsp3) is 0.632. The SMILES string of the molecule is CC(C)(C)C(Cc1ccc(CN2CCC(O)CC2)cc1)NC(=O)O. The second-order valence-electron chi connectivity index (χ2n) is 7.90. The van der Waals surface area contributed by atoms with E-state index in [-0.39, 0.29) is 17.6 Å². The maximum Gasteiger partial charge on any atom is 0.404 e. The number of nitrogens with one attached hydrogen (secondary N) is 1. The smallest absolute Gasteiger partial charge is 0.404 e. The molecule has 134 valence electrons. The van der Waals surface area contributed by atoms with Crippen LogP contribution < -0.4 is 5.32 Å². The quantitative estimate of drug-likeness (QED) is 0.774. The van der Waals surface area contributed by atoms with Gasteiger partial charge in [0.1, 0.15) is 0 Å². The average molecular weight is 334 g/mol. The lowest BCUT2D eigenvalue weighted by Gasteiger charge is -2.31. The largest absolute Gasteiger partial charge is 0.465 e. The Hall–Kier alpha value is -1.59. The van der Waals surface area contributed by atoms with E-state index in [0.717, 1.165) is 38.0 Å². The van der Waals surface area contributed by atoms with Crippen molar-refractivity contribution in [2.75, 3.05) is 13.1 Å². The zero-order valence-corrected chi connectivity index (χ0v) is 15.0. The molecule has 0 aromatic heterocycles. The standard InChI is InChI=1S/C19H30N2O3/c1-19(2,3)17(20-18(23)24)12-14-4-6-15(7-5-14)13-21-10-8-16(22)9-11-21/h4-7,16-17,20,22H,8-13H2,1-3H3,(H,23,24). The van der Waals surface area contributed by atoms with E-state index in [1.165, 1.54) is 5.56 Å². The van der Waals surface area contributed by atoms with Crippen molar-refractivity contribution in [2.24, 2.45) is 5.41 Å². The Kier molecular flexibility index (Phi) is 6.24. The molecular formula is C19H30N2O3. The Balaban J connectivity index is 1.94. The van der Waals surface area contributed by atoms with Gasteiger partial charge >= 0.3 is 6.09 Å². The van der Waals surface area contributed by atoms with Crippen molar-refractivity contribution in [1.82, 2.24) is 10.2 Å². The fourth-order valence-corrected chi connectivity index (χ4v) is 3.07. The van der Waals surface area contributed by atoms with Gasteiger partial charge in [-0.2, -0.15) is 0 Å². The molecule has 1 aliphatic heterocycles. The molecule has 1 atom stereocenters. The number of carbonyl (C=O) groups is 1. The third-order valence-electron chi connectivity index (χ3n) is 4.77. The summed E-state index contributed by atoms with van der Waals surface area (Å²) in [5.41, 5.74) is 2.27. The van der Waals surface area contributed by atoms with Gasteiger partial charge in [-0.25, -0.2) is 4.79 Å². The Morgan fingerprint density at radius 1 is 1.21 bits per heavy atom. The molecule has 1 saturated heterocycles. The van der Waals surface area contributed by atoms with Crippen molar-refractivity contribution in [1.29, 1.82) is 0 Å². The summed E-state index contributed by atoms with van der Waals surface area (Å²) in [6.07, 6.45) is 1.28. The van der Waals surface area contributed by atoms with E-state index in [4.69, 9.17) is 5.11 Å². The number of hydrogen-bond acceptors (Lipinski definition) is 3. The van der Waals surface area contributed by atoms with Crippen LogP contribution in [-0.4, -0.2) is 46.4 Å². The van der Waals surface area contributed by atoms with E-state index in [9.17, 15) is 9.90 Å². The van der Waals surface area contributed by atoms with Gasteiger partial charge in [-0.15, -0.1) is 0 Å². The maximum absolute atomic E-state index is 11.0. The third-order valence-corrected chi connectivity index (χ3v) is 4.77. The monoisotopic (exact) mass is 334 g/mol. The molecule has 5 nitrogen and oxygen atoms in total. The van der Waals surface area contributed by atoms with Crippen molar-refractivity contribution in [3.63, 3.8) is 0 Å². The van der Waals surface area contributed by atoms with Gasteiger partial charge in [0.05, 0.1) is 6.10 Å². The van der Waals surface area contributed by atoms with Gasteiger partial charge in [0.2, 0.25) is 0 Å². The first-order chi connectivity index (χ1) is 11.2. The van der Waals surface area contributed by atoms with E-state index in [1.807, 2.05) is 20.8 Å². The van der Waals surface area contributed by atoms with E-state index >= 15 is 0 Å². The van der Waals surface area contributed by atoms with E-state index in [1.54, 1.807) is 0 Å². The molecule has 1 fully saturated rings. The molecule has 24 heavy (non-hydrogen) atoms. The fourth-order valence-electron chi connectivity index (χ4n) is 3.07. The van der Waals surface area contributed by atoms with E-state index in [0.29, 0.717) is 6.42 Å². The lowest BCUT2D eigenvalue weighted by Crippen LogP contribution is -2.44. The molecule has 3 N–H and O–H groups in total. The number of carboxylic acid groups (broad SMARTS) is 1. The van der Waals surface area contributed by atoms with Crippen LogP contribution in [0.2, 0.25) is 0 Å². The van der Waals surface area contributed by atoms with Gasteiger partial charge in [-0.05, 0) is 35.8 Å². The molecule has 0 bridgehead atoms. The summed E-state index contributed by atoms with van der Waals surface area (Å²) in [4.78, 5) is 13.4. The summed E-state index contributed by atoms with van der Waals surface area (Å²) in [7, 11) is 0. The second kappa shape index (κ2) is 7.99. The van der Waals surface area contributed by atoms with Gasteiger partial charge in [0, 0.05) is 25.7 Å². The number of piperidine rings is 1. The maximum atomic E-state index is 11.0. The minimum Gasteiger partial charge on any atom is -0.465 e. The summed E-state index contributed by atoms with van der Waals surface area (Å²) in [6, 6.07) is 8.32. The summed E-state index contributed by atoms with van der Waals surface area (Å²) in [5.74, 6) is 0.